The van der Waals surface area contributed by atoms with Crippen LogP contribution in [0.2, 0.25) is 0 Å². The van der Waals surface area contributed by atoms with Gasteiger partial charge in [0.15, 0.2) is 6.61 Å². The first-order chi connectivity index (χ1) is 10.0. The van der Waals surface area contributed by atoms with Crippen molar-refractivity contribution in [3.63, 3.8) is 0 Å². The molecular weight excluding hydrogens is 338 g/mol. The number of carbonyl (C=O) groups is 2. The predicted molar refractivity (Wildman–Crippen MR) is 81.2 cm³/mol. The van der Waals surface area contributed by atoms with Gasteiger partial charge in [0.1, 0.15) is 5.75 Å². The zero-order valence-electron chi connectivity index (χ0n) is 11.5. The molecule has 1 aliphatic rings. The fraction of sp³-hybridized carbons (Fsp3) is 0.467. The number of nitrogens with one attached hydrogen (secondary N) is 1. The van der Waals surface area contributed by atoms with E-state index in [1.807, 2.05) is 12.1 Å². The lowest BCUT2D eigenvalue weighted by Gasteiger charge is -2.27. The topological polar surface area (TPSA) is 75.6 Å². The zero-order valence-corrected chi connectivity index (χ0v) is 13.1. The molecule has 1 fully saturated rings. The van der Waals surface area contributed by atoms with Crippen molar-refractivity contribution in [2.45, 2.75) is 31.7 Å². The summed E-state index contributed by atoms with van der Waals surface area (Å²) in [5.74, 6) is -0.717. The number of carboxylic acid groups (broad SMARTS) is 1. The van der Waals surface area contributed by atoms with E-state index in [1.165, 1.54) is 0 Å². The van der Waals surface area contributed by atoms with Crippen molar-refractivity contribution in [3.05, 3.63) is 28.7 Å². The normalized spacial score (nSPS) is 21.6. The summed E-state index contributed by atoms with van der Waals surface area (Å²) in [4.78, 5) is 22.8. The van der Waals surface area contributed by atoms with Crippen LogP contribution in [0.4, 0.5) is 0 Å². The molecule has 21 heavy (non-hydrogen) atoms. The van der Waals surface area contributed by atoms with Crippen LogP contribution >= 0.6 is 15.9 Å². The van der Waals surface area contributed by atoms with E-state index in [-0.39, 0.29) is 24.5 Å². The second kappa shape index (κ2) is 7.45. The minimum atomic E-state index is -0.778. The van der Waals surface area contributed by atoms with E-state index in [0.29, 0.717) is 18.6 Å². The van der Waals surface area contributed by atoms with Gasteiger partial charge in [-0.25, -0.2) is 0 Å². The molecule has 0 heterocycles. The lowest BCUT2D eigenvalue weighted by atomic mass is 9.86. The van der Waals surface area contributed by atoms with Crippen LogP contribution in [0, 0.1) is 5.92 Å². The number of amides is 1. The highest BCUT2D eigenvalue weighted by atomic mass is 79.9. The van der Waals surface area contributed by atoms with Crippen molar-refractivity contribution < 1.29 is 19.4 Å². The quantitative estimate of drug-likeness (QED) is 0.850. The number of carbonyl (C=O) groups excluding carboxylic acids is 1. The Morgan fingerprint density at radius 2 is 2.00 bits per heavy atom. The number of ether oxygens (including phenoxy) is 1. The van der Waals surface area contributed by atoms with Crippen LogP contribution in [-0.2, 0) is 9.59 Å². The first-order valence-corrected chi connectivity index (χ1v) is 7.74. The summed E-state index contributed by atoms with van der Waals surface area (Å²) in [5.41, 5.74) is 0. The van der Waals surface area contributed by atoms with Gasteiger partial charge in [-0.1, -0.05) is 22.4 Å². The van der Waals surface area contributed by atoms with Crippen LogP contribution in [0.3, 0.4) is 0 Å². The summed E-state index contributed by atoms with van der Waals surface area (Å²) in [7, 11) is 0. The van der Waals surface area contributed by atoms with Gasteiger partial charge < -0.3 is 15.2 Å². The monoisotopic (exact) mass is 355 g/mol. The van der Waals surface area contributed by atoms with Gasteiger partial charge in [-0.2, -0.15) is 0 Å². The SMILES string of the molecule is O=C(COc1ccc(Br)cc1)NC1CCCC(C(=O)O)C1. The minimum absolute atomic E-state index is 0.0597. The van der Waals surface area contributed by atoms with E-state index in [4.69, 9.17) is 9.84 Å². The Balaban J connectivity index is 1.76. The van der Waals surface area contributed by atoms with Gasteiger partial charge in [-0.3, -0.25) is 9.59 Å². The van der Waals surface area contributed by atoms with Gasteiger partial charge in [-0.15, -0.1) is 0 Å². The fourth-order valence-corrected chi connectivity index (χ4v) is 2.76. The molecule has 2 N–H and O–H groups in total. The molecule has 114 valence electrons. The third-order valence-corrected chi connectivity index (χ3v) is 4.10. The third kappa shape index (κ3) is 5.04. The molecule has 1 amide bonds. The molecule has 2 rings (SSSR count). The van der Waals surface area contributed by atoms with Crippen LogP contribution < -0.4 is 10.1 Å². The third-order valence-electron chi connectivity index (χ3n) is 3.57. The van der Waals surface area contributed by atoms with Crippen molar-refractivity contribution in [3.8, 4) is 5.75 Å². The Morgan fingerprint density at radius 1 is 1.29 bits per heavy atom. The maximum absolute atomic E-state index is 11.8. The lowest BCUT2D eigenvalue weighted by molar-refractivity contribution is -0.143. The Hall–Kier alpha value is -1.56. The van der Waals surface area contributed by atoms with Crippen LogP contribution in [0.5, 0.6) is 5.75 Å². The van der Waals surface area contributed by atoms with Gasteiger partial charge in [0, 0.05) is 10.5 Å². The van der Waals surface area contributed by atoms with Gasteiger partial charge >= 0.3 is 5.97 Å². The van der Waals surface area contributed by atoms with E-state index in [0.717, 1.165) is 17.3 Å². The summed E-state index contributed by atoms with van der Waals surface area (Å²) in [6.45, 7) is -0.0597. The van der Waals surface area contributed by atoms with E-state index in [9.17, 15) is 9.59 Å². The molecule has 5 nitrogen and oxygen atoms in total. The number of aliphatic carboxylic acids is 1. The van der Waals surface area contributed by atoms with Gasteiger partial charge in [-0.05, 0) is 43.5 Å². The molecule has 0 bridgehead atoms. The Morgan fingerprint density at radius 3 is 2.67 bits per heavy atom. The van der Waals surface area contributed by atoms with Crippen molar-refractivity contribution >= 4 is 27.8 Å². The second-order valence-electron chi connectivity index (χ2n) is 5.21. The van der Waals surface area contributed by atoms with Gasteiger partial charge in [0.25, 0.3) is 5.91 Å². The molecule has 0 radical (unpaired) electrons. The second-order valence-corrected chi connectivity index (χ2v) is 6.12. The summed E-state index contributed by atoms with van der Waals surface area (Å²) < 4.78 is 6.33. The smallest absolute Gasteiger partial charge is 0.306 e. The molecule has 1 aromatic rings. The minimum Gasteiger partial charge on any atom is -0.484 e. The maximum Gasteiger partial charge on any atom is 0.306 e. The number of rotatable bonds is 5. The molecule has 2 unspecified atom stereocenters. The number of hydrogen-bond donors (Lipinski definition) is 2. The zero-order chi connectivity index (χ0) is 15.2. The van der Waals surface area contributed by atoms with E-state index >= 15 is 0 Å². The summed E-state index contributed by atoms with van der Waals surface area (Å²) >= 11 is 3.33. The fourth-order valence-electron chi connectivity index (χ4n) is 2.49. The van der Waals surface area contributed by atoms with Crippen molar-refractivity contribution in [2.24, 2.45) is 5.92 Å². The molecule has 2 atom stereocenters. The predicted octanol–water partition coefficient (Wildman–Crippen LogP) is 2.59. The van der Waals surface area contributed by atoms with Crippen LogP contribution in [-0.4, -0.2) is 29.6 Å². The van der Waals surface area contributed by atoms with Crippen LogP contribution in [0.25, 0.3) is 0 Å². The van der Waals surface area contributed by atoms with Crippen molar-refractivity contribution in [1.82, 2.24) is 5.32 Å². The highest BCUT2D eigenvalue weighted by Crippen LogP contribution is 2.24. The first kappa shape index (κ1) is 15.8. The number of hydrogen-bond acceptors (Lipinski definition) is 3. The molecule has 1 aromatic carbocycles. The van der Waals surface area contributed by atoms with E-state index < -0.39 is 5.97 Å². The van der Waals surface area contributed by atoms with E-state index in [2.05, 4.69) is 21.2 Å². The number of halogens is 1. The maximum atomic E-state index is 11.8. The number of benzene rings is 1. The van der Waals surface area contributed by atoms with Crippen molar-refractivity contribution in [2.75, 3.05) is 6.61 Å². The molecule has 1 saturated carbocycles. The Bertz CT molecular complexity index is 503. The van der Waals surface area contributed by atoms with Gasteiger partial charge in [0.05, 0.1) is 5.92 Å². The Labute approximate surface area is 131 Å². The average molecular weight is 356 g/mol. The molecule has 0 spiro atoms. The average Bonchev–Trinajstić information content (AvgIpc) is 2.47. The number of carboxylic acids is 1. The molecule has 0 saturated heterocycles. The molecule has 0 aromatic heterocycles. The van der Waals surface area contributed by atoms with Gasteiger partial charge in [0.2, 0.25) is 0 Å². The summed E-state index contributed by atoms with van der Waals surface area (Å²) in [5, 5.41) is 11.9. The molecule has 0 aliphatic heterocycles. The highest BCUT2D eigenvalue weighted by molar-refractivity contribution is 9.10. The summed E-state index contributed by atoms with van der Waals surface area (Å²) in [6.07, 6.45) is 2.85. The largest absolute Gasteiger partial charge is 0.484 e. The summed E-state index contributed by atoms with van der Waals surface area (Å²) in [6, 6.07) is 7.16. The Kier molecular flexibility index (Phi) is 5.61. The van der Waals surface area contributed by atoms with Crippen LogP contribution in [0.15, 0.2) is 28.7 Å². The molecule has 1 aliphatic carbocycles. The van der Waals surface area contributed by atoms with E-state index in [1.54, 1.807) is 12.1 Å². The standard InChI is InChI=1S/C15H18BrNO4/c16-11-4-6-13(7-5-11)21-9-14(18)17-12-3-1-2-10(8-12)15(19)20/h4-7,10,12H,1-3,8-9H2,(H,17,18)(H,19,20). The van der Waals surface area contributed by atoms with Crippen LogP contribution in [0.1, 0.15) is 25.7 Å². The molecule has 6 heteroatoms. The first-order valence-electron chi connectivity index (χ1n) is 6.95. The lowest BCUT2D eigenvalue weighted by Crippen LogP contribution is -2.41. The highest BCUT2D eigenvalue weighted by Gasteiger charge is 2.27. The molecular formula is C15H18BrNO4. The van der Waals surface area contributed by atoms with Crippen molar-refractivity contribution in [1.29, 1.82) is 0 Å².